The second kappa shape index (κ2) is 5.04. The van der Waals surface area contributed by atoms with E-state index in [4.69, 9.17) is 5.73 Å². The number of rotatable bonds is 3. The third kappa shape index (κ3) is 3.45. The fraction of sp³-hybridized carbons (Fsp3) is 0.300. The van der Waals surface area contributed by atoms with Gasteiger partial charge < -0.3 is 11.1 Å². The Morgan fingerprint density at radius 3 is 2.73 bits per heavy atom. The van der Waals surface area contributed by atoms with E-state index in [-0.39, 0.29) is 5.91 Å². The van der Waals surface area contributed by atoms with Crippen LogP contribution in [0.1, 0.15) is 6.92 Å². The van der Waals surface area contributed by atoms with Gasteiger partial charge in [-0.2, -0.15) is 0 Å². The number of carbonyl (C=O) groups excluding carboxylic acids is 1. The van der Waals surface area contributed by atoms with Crippen molar-refractivity contribution in [3.8, 4) is 0 Å². The van der Waals surface area contributed by atoms with Gasteiger partial charge in [0.2, 0.25) is 5.91 Å². The van der Waals surface area contributed by atoms with Gasteiger partial charge in [0.1, 0.15) is 0 Å². The van der Waals surface area contributed by atoms with E-state index >= 15 is 0 Å². The summed E-state index contributed by atoms with van der Waals surface area (Å²) in [7, 11) is -1.05. The van der Waals surface area contributed by atoms with Crippen LogP contribution in [0, 0.1) is 0 Å². The van der Waals surface area contributed by atoms with Crippen molar-refractivity contribution in [3.63, 3.8) is 0 Å². The van der Waals surface area contributed by atoms with Crippen LogP contribution < -0.4 is 11.1 Å². The lowest BCUT2D eigenvalue weighted by molar-refractivity contribution is -0.117. The van der Waals surface area contributed by atoms with Gasteiger partial charge in [-0.25, -0.2) is 0 Å². The van der Waals surface area contributed by atoms with Crippen LogP contribution in [0.4, 0.5) is 5.69 Å². The highest BCUT2D eigenvalue weighted by molar-refractivity contribution is 7.84. The predicted octanol–water partition coefficient (Wildman–Crippen LogP) is 0.710. The topological polar surface area (TPSA) is 72.2 Å². The van der Waals surface area contributed by atoms with E-state index in [0.29, 0.717) is 10.6 Å². The molecule has 0 bridgehead atoms. The average molecular weight is 226 g/mol. The first-order valence-electron chi connectivity index (χ1n) is 4.50. The van der Waals surface area contributed by atoms with E-state index in [1.807, 2.05) is 0 Å². The van der Waals surface area contributed by atoms with Crippen molar-refractivity contribution < 1.29 is 9.00 Å². The number of anilines is 1. The smallest absolute Gasteiger partial charge is 0.240 e. The van der Waals surface area contributed by atoms with Gasteiger partial charge >= 0.3 is 0 Å². The highest BCUT2D eigenvalue weighted by Gasteiger charge is 2.07. The Kier molecular flexibility index (Phi) is 3.99. The second-order valence-electron chi connectivity index (χ2n) is 3.26. The van der Waals surface area contributed by atoms with Gasteiger partial charge in [-0.1, -0.05) is 6.07 Å². The van der Waals surface area contributed by atoms with Crippen molar-refractivity contribution >= 4 is 22.4 Å². The molecule has 0 saturated heterocycles. The largest absolute Gasteiger partial charge is 0.325 e. The van der Waals surface area contributed by atoms with Crippen molar-refractivity contribution in [3.05, 3.63) is 24.3 Å². The van der Waals surface area contributed by atoms with Crippen LogP contribution in [-0.4, -0.2) is 22.4 Å². The molecule has 1 amide bonds. The van der Waals surface area contributed by atoms with Gasteiger partial charge in [-0.05, 0) is 25.1 Å². The molecular weight excluding hydrogens is 212 g/mol. The number of hydrogen-bond acceptors (Lipinski definition) is 3. The number of nitrogens with one attached hydrogen (secondary N) is 1. The van der Waals surface area contributed by atoms with Crippen LogP contribution >= 0.6 is 0 Å². The fourth-order valence-corrected chi connectivity index (χ4v) is 1.57. The zero-order chi connectivity index (χ0) is 11.4. The van der Waals surface area contributed by atoms with Crippen molar-refractivity contribution in [2.75, 3.05) is 11.6 Å². The average Bonchev–Trinajstić information content (AvgIpc) is 2.18. The highest BCUT2D eigenvalue weighted by atomic mass is 32.2. The lowest BCUT2D eigenvalue weighted by Crippen LogP contribution is -2.32. The van der Waals surface area contributed by atoms with Crippen molar-refractivity contribution in [1.82, 2.24) is 0 Å². The summed E-state index contributed by atoms with van der Waals surface area (Å²) < 4.78 is 11.2. The van der Waals surface area contributed by atoms with Gasteiger partial charge in [0.15, 0.2) is 0 Å². The van der Waals surface area contributed by atoms with E-state index in [9.17, 15) is 9.00 Å². The Labute approximate surface area is 91.3 Å². The van der Waals surface area contributed by atoms with Crippen LogP contribution in [0.3, 0.4) is 0 Å². The summed E-state index contributed by atoms with van der Waals surface area (Å²) in [5.41, 5.74) is 6.03. The van der Waals surface area contributed by atoms with Gasteiger partial charge in [-0.15, -0.1) is 0 Å². The molecule has 15 heavy (non-hydrogen) atoms. The number of hydrogen-bond donors (Lipinski definition) is 2. The number of amides is 1. The van der Waals surface area contributed by atoms with Crippen molar-refractivity contribution in [2.45, 2.75) is 17.9 Å². The Bertz CT molecular complexity index is 391. The summed E-state index contributed by atoms with van der Waals surface area (Å²) in [5.74, 6) is -0.256. The second-order valence-corrected chi connectivity index (χ2v) is 4.64. The summed E-state index contributed by atoms with van der Waals surface area (Å²) in [4.78, 5) is 12.0. The summed E-state index contributed by atoms with van der Waals surface area (Å²) in [6.45, 7) is 1.61. The third-order valence-electron chi connectivity index (χ3n) is 1.85. The molecular formula is C10H14N2O2S. The minimum atomic E-state index is -1.05. The van der Waals surface area contributed by atoms with Crippen LogP contribution in [-0.2, 0) is 15.6 Å². The minimum Gasteiger partial charge on any atom is -0.325 e. The number of nitrogens with two attached hydrogens (primary N) is 1. The maximum atomic E-state index is 11.3. The van der Waals surface area contributed by atoms with E-state index in [2.05, 4.69) is 5.32 Å². The third-order valence-corrected chi connectivity index (χ3v) is 2.76. The molecule has 0 aliphatic carbocycles. The molecule has 0 spiro atoms. The van der Waals surface area contributed by atoms with Gasteiger partial charge in [0.25, 0.3) is 0 Å². The van der Waals surface area contributed by atoms with E-state index in [1.165, 1.54) is 0 Å². The summed E-state index contributed by atoms with van der Waals surface area (Å²) in [6.07, 6.45) is 1.59. The maximum Gasteiger partial charge on any atom is 0.240 e. The summed E-state index contributed by atoms with van der Waals surface area (Å²) in [5, 5.41) is 2.64. The minimum absolute atomic E-state index is 0.256. The molecule has 3 N–H and O–H groups in total. The summed E-state index contributed by atoms with van der Waals surface area (Å²) in [6, 6.07) is 6.35. The van der Waals surface area contributed by atoms with E-state index in [1.54, 1.807) is 37.4 Å². The fourth-order valence-electron chi connectivity index (χ4n) is 1.01. The predicted molar refractivity (Wildman–Crippen MR) is 61.1 cm³/mol. The van der Waals surface area contributed by atoms with E-state index in [0.717, 1.165) is 0 Å². The molecule has 0 saturated carbocycles. The number of carbonyl (C=O) groups is 1. The van der Waals surface area contributed by atoms with Gasteiger partial charge in [0.05, 0.1) is 6.04 Å². The van der Waals surface area contributed by atoms with Crippen LogP contribution in [0.2, 0.25) is 0 Å². The van der Waals surface area contributed by atoms with Gasteiger partial charge in [-0.3, -0.25) is 9.00 Å². The molecule has 1 rings (SSSR count). The van der Waals surface area contributed by atoms with Crippen LogP contribution in [0.25, 0.3) is 0 Å². The van der Waals surface area contributed by atoms with Crippen LogP contribution in [0.15, 0.2) is 29.2 Å². The molecule has 0 heterocycles. The molecule has 2 atom stereocenters. The zero-order valence-corrected chi connectivity index (χ0v) is 9.51. The molecule has 0 aliphatic heterocycles. The Balaban J connectivity index is 2.83. The van der Waals surface area contributed by atoms with E-state index < -0.39 is 16.8 Å². The monoisotopic (exact) mass is 226 g/mol. The van der Waals surface area contributed by atoms with Gasteiger partial charge in [0, 0.05) is 27.6 Å². The van der Waals surface area contributed by atoms with Crippen molar-refractivity contribution in [1.29, 1.82) is 0 Å². The zero-order valence-electron chi connectivity index (χ0n) is 8.69. The molecule has 82 valence electrons. The normalized spacial score (nSPS) is 14.3. The highest BCUT2D eigenvalue weighted by Crippen LogP contribution is 2.13. The SMILES string of the molecule is CC(N)C(=O)Nc1cccc(S(C)=O)c1. The Morgan fingerprint density at radius 1 is 1.53 bits per heavy atom. The molecule has 0 fully saturated rings. The molecule has 1 aromatic carbocycles. The molecule has 1 aromatic rings. The molecule has 0 radical (unpaired) electrons. The molecule has 2 unspecified atom stereocenters. The standard InChI is InChI=1S/C10H14N2O2S/c1-7(11)10(13)12-8-4-3-5-9(6-8)15(2)14/h3-7H,11H2,1-2H3,(H,12,13). The maximum absolute atomic E-state index is 11.3. The first-order chi connectivity index (χ1) is 7.00. The molecule has 4 nitrogen and oxygen atoms in total. The first-order valence-corrected chi connectivity index (χ1v) is 6.06. The first kappa shape index (κ1) is 11.9. The number of benzene rings is 1. The Morgan fingerprint density at radius 2 is 2.20 bits per heavy atom. The molecule has 0 aliphatic rings. The van der Waals surface area contributed by atoms with Crippen molar-refractivity contribution in [2.24, 2.45) is 5.73 Å². The molecule has 5 heteroatoms. The summed E-state index contributed by atoms with van der Waals surface area (Å²) >= 11 is 0. The Hall–Kier alpha value is -1.20. The lowest BCUT2D eigenvalue weighted by Gasteiger charge is -2.08. The molecule has 0 aromatic heterocycles. The van der Waals surface area contributed by atoms with Crippen LogP contribution in [0.5, 0.6) is 0 Å². The quantitative estimate of drug-likeness (QED) is 0.797. The lowest BCUT2D eigenvalue weighted by atomic mass is 10.3.